The van der Waals surface area contributed by atoms with Gasteiger partial charge in [0.25, 0.3) is 0 Å². The SMILES string of the molecule is CO[C@H]1CN[C@H](c2nnc3cnccn23)C1. The normalized spacial score (nSPS) is 25.3. The van der Waals surface area contributed by atoms with Crippen molar-refractivity contribution < 1.29 is 4.74 Å². The molecular weight excluding hydrogens is 206 g/mol. The van der Waals surface area contributed by atoms with Gasteiger partial charge in [-0.15, -0.1) is 10.2 Å². The molecular formula is C10H13N5O. The van der Waals surface area contributed by atoms with Gasteiger partial charge in [0.2, 0.25) is 0 Å². The zero-order valence-corrected chi connectivity index (χ0v) is 9.00. The maximum Gasteiger partial charge on any atom is 0.179 e. The summed E-state index contributed by atoms with van der Waals surface area (Å²) < 4.78 is 7.28. The van der Waals surface area contributed by atoms with Crippen LogP contribution in [0.15, 0.2) is 18.6 Å². The summed E-state index contributed by atoms with van der Waals surface area (Å²) >= 11 is 0. The summed E-state index contributed by atoms with van der Waals surface area (Å²) in [6, 6.07) is 0.211. The lowest BCUT2D eigenvalue weighted by Crippen LogP contribution is -2.17. The van der Waals surface area contributed by atoms with Gasteiger partial charge in [0.05, 0.1) is 18.3 Å². The Hall–Kier alpha value is -1.53. The molecule has 16 heavy (non-hydrogen) atoms. The standard InChI is InChI=1S/C10H13N5O/c1-16-7-4-8(12-5-7)10-14-13-9-6-11-2-3-15(9)10/h2-3,6-8,12H,4-5H2,1H3/t7-,8+/m1/s1. The topological polar surface area (TPSA) is 64.3 Å². The molecule has 2 aromatic rings. The molecule has 84 valence electrons. The molecule has 1 fully saturated rings. The minimum atomic E-state index is 0.211. The van der Waals surface area contributed by atoms with Crippen molar-refractivity contribution in [3.05, 3.63) is 24.4 Å². The third kappa shape index (κ3) is 1.46. The van der Waals surface area contributed by atoms with Crippen LogP contribution in [0.1, 0.15) is 18.3 Å². The Morgan fingerprint density at radius 2 is 2.44 bits per heavy atom. The van der Waals surface area contributed by atoms with Gasteiger partial charge in [0.1, 0.15) is 0 Å². The molecule has 0 unspecified atom stereocenters. The predicted octanol–water partition coefficient (Wildman–Crippen LogP) is 0.174. The lowest BCUT2D eigenvalue weighted by atomic mass is 10.2. The van der Waals surface area contributed by atoms with Crippen molar-refractivity contribution in [3.63, 3.8) is 0 Å². The lowest BCUT2D eigenvalue weighted by molar-refractivity contribution is 0.117. The van der Waals surface area contributed by atoms with Gasteiger partial charge < -0.3 is 10.1 Å². The Morgan fingerprint density at radius 1 is 1.50 bits per heavy atom. The molecule has 1 aliphatic heterocycles. The van der Waals surface area contributed by atoms with Gasteiger partial charge >= 0.3 is 0 Å². The van der Waals surface area contributed by atoms with Crippen molar-refractivity contribution in [1.82, 2.24) is 24.9 Å². The van der Waals surface area contributed by atoms with E-state index in [-0.39, 0.29) is 12.1 Å². The summed E-state index contributed by atoms with van der Waals surface area (Å²) in [6.07, 6.45) is 6.52. The van der Waals surface area contributed by atoms with Crippen LogP contribution >= 0.6 is 0 Å². The molecule has 1 N–H and O–H groups in total. The highest BCUT2D eigenvalue weighted by atomic mass is 16.5. The maximum atomic E-state index is 5.32. The number of fused-ring (bicyclic) bond motifs is 1. The molecule has 6 heteroatoms. The molecule has 2 aromatic heterocycles. The molecule has 0 amide bonds. The summed E-state index contributed by atoms with van der Waals surface area (Å²) in [6.45, 7) is 0.862. The number of nitrogens with one attached hydrogen (secondary N) is 1. The van der Waals surface area contributed by atoms with Gasteiger partial charge in [-0.05, 0) is 6.42 Å². The molecule has 3 rings (SSSR count). The Labute approximate surface area is 92.7 Å². The number of ether oxygens (including phenoxy) is 1. The van der Waals surface area contributed by atoms with E-state index in [4.69, 9.17) is 4.74 Å². The smallest absolute Gasteiger partial charge is 0.179 e. The van der Waals surface area contributed by atoms with E-state index in [9.17, 15) is 0 Å². The van der Waals surface area contributed by atoms with Crippen LogP contribution in [0.3, 0.4) is 0 Å². The van der Waals surface area contributed by atoms with E-state index in [2.05, 4.69) is 20.5 Å². The second-order valence-corrected chi connectivity index (χ2v) is 3.92. The van der Waals surface area contributed by atoms with Gasteiger partial charge in [-0.2, -0.15) is 0 Å². The Bertz CT molecular complexity index is 497. The zero-order chi connectivity index (χ0) is 11.0. The molecule has 1 aliphatic rings. The first-order valence-electron chi connectivity index (χ1n) is 5.29. The van der Waals surface area contributed by atoms with Crippen molar-refractivity contribution in [1.29, 1.82) is 0 Å². The third-order valence-corrected chi connectivity index (χ3v) is 2.98. The van der Waals surface area contributed by atoms with Gasteiger partial charge in [0, 0.05) is 26.0 Å². The summed E-state index contributed by atoms with van der Waals surface area (Å²) in [4.78, 5) is 4.02. The van der Waals surface area contributed by atoms with Crippen molar-refractivity contribution in [2.45, 2.75) is 18.6 Å². The molecule has 0 radical (unpaired) electrons. The van der Waals surface area contributed by atoms with E-state index in [0.717, 1.165) is 24.4 Å². The Balaban J connectivity index is 1.95. The van der Waals surface area contributed by atoms with Crippen molar-refractivity contribution in [2.24, 2.45) is 0 Å². The van der Waals surface area contributed by atoms with Crippen molar-refractivity contribution in [2.75, 3.05) is 13.7 Å². The van der Waals surface area contributed by atoms with Crippen LogP contribution in [0.5, 0.6) is 0 Å². The van der Waals surface area contributed by atoms with E-state index < -0.39 is 0 Å². The highest BCUT2D eigenvalue weighted by Gasteiger charge is 2.28. The number of methoxy groups -OCH3 is 1. The largest absolute Gasteiger partial charge is 0.380 e. The first kappa shape index (κ1) is 9.68. The molecule has 6 nitrogen and oxygen atoms in total. The molecule has 0 saturated carbocycles. The number of hydrogen-bond donors (Lipinski definition) is 1. The average Bonchev–Trinajstić information content (AvgIpc) is 2.94. The van der Waals surface area contributed by atoms with Gasteiger partial charge in [-0.1, -0.05) is 0 Å². The minimum absolute atomic E-state index is 0.211. The van der Waals surface area contributed by atoms with E-state index in [1.54, 1.807) is 19.5 Å². The second-order valence-electron chi connectivity index (χ2n) is 3.92. The monoisotopic (exact) mass is 219 g/mol. The summed E-state index contributed by atoms with van der Waals surface area (Å²) in [5.41, 5.74) is 0.778. The summed E-state index contributed by atoms with van der Waals surface area (Å²) in [7, 11) is 1.74. The maximum absolute atomic E-state index is 5.32. The molecule has 2 atom stereocenters. The minimum Gasteiger partial charge on any atom is -0.380 e. The highest BCUT2D eigenvalue weighted by molar-refractivity contribution is 5.34. The molecule has 1 saturated heterocycles. The predicted molar refractivity (Wildman–Crippen MR) is 56.9 cm³/mol. The van der Waals surface area contributed by atoms with Gasteiger partial charge in [-0.25, -0.2) is 0 Å². The number of nitrogens with zero attached hydrogens (tertiary/aromatic N) is 4. The first-order chi connectivity index (χ1) is 7.88. The van der Waals surface area contributed by atoms with E-state index in [1.807, 2.05) is 10.6 Å². The van der Waals surface area contributed by atoms with Gasteiger partial charge in [-0.3, -0.25) is 9.38 Å². The fourth-order valence-corrected chi connectivity index (χ4v) is 2.09. The molecule has 0 aliphatic carbocycles. The number of hydrogen-bond acceptors (Lipinski definition) is 5. The van der Waals surface area contributed by atoms with E-state index in [0.29, 0.717) is 0 Å². The third-order valence-electron chi connectivity index (χ3n) is 2.98. The van der Waals surface area contributed by atoms with E-state index >= 15 is 0 Å². The lowest BCUT2D eigenvalue weighted by Gasteiger charge is -2.07. The first-order valence-corrected chi connectivity index (χ1v) is 5.29. The van der Waals surface area contributed by atoms with Crippen LogP contribution in [0.4, 0.5) is 0 Å². The van der Waals surface area contributed by atoms with Crippen LogP contribution in [0, 0.1) is 0 Å². The van der Waals surface area contributed by atoms with Crippen molar-refractivity contribution in [3.8, 4) is 0 Å². The number of aromatic nitrogens is 4. The number of rotatable bonds is 2. The van der Waals surface area contributed by atoms with Crippen LogP contribution in [-0.4, -0.2) is 39.3 Å². The zero-order valence-electron chi connectivity index (χ0n) is 9.00. The Morgan fingerprint density at radius 3 is 3.25 bits per heavy atom. The molecule has 0 spiro atoms. The van der Waals surface area contributed by atoms with Crippen molar-refractivity contribution >= 4 is 5.65 Å². The molecule has 0 bridgehead atoms. The quantitative estimate of drug-likeness (QED) is 0.780. The molecule has 0 aromatic carbocycles. The van der Waals surface area contributed by atoms with Crippen LogP contribution in [0.25, 0.3) is 5.65 Å². The summed E-state index contributed by atoms with van der Waals surface area (Å²) in [5, 5.41) is 11.7. The van der Waals surface area contributed by atoms with E-state index in [1.165, 1.54) is 0 Å². The highest BCUT2D eigenvalue weighted by Crippen LogP contribution is 2.23. The van der Waals surface area contributed by atoms with Crippen LogP contribution in [-0.2, 0) is 4.74 Å². The fraction of sp³-hybridized carbons (Fsp3) is 0.500. The van der Waals surface area contributed by atoms with Crippen LogP contribution in [0.2, 0.25) is 0 Å². The average molecular weight is 219 g/mol. The molecule has 3 heterocycles. The summed E-state index contributed by atoms with van der Waals surface area (Å²) in [5.74, 6) is 0.928. The van der Waals surface area contributed by atoms with Gasteiger partial charge in [0.15, 0.2) is 11.5 Å². The van der Waals surface area contributed by atoms with Crippen LogP contribution < -0.4 is 5.32 Å². The second kappa shape index (κ2) is 3.80. The fourth-order valence-electron chi connectivity index (χ4n) is 2.09. The Kier molecular flexibility index (Phi) is 2.30.